The number of hydrogen-bond donors (Lipinski definition) is 1. The second-order valence-corrected chi connectivity index (χ2v) is 7.46. The molecule has 1 aromatic carbocycles. The van der Waals surface area contributed by atoms with Gasteiger partial charge in [0.15, 0.2) is 5.69 Å². The van der Waals surface area contributed by atoms with Crippen LogP contribution in [0.4, 0.5) is 26.3 Å². The van der Waals surface area contributed by atoms with Crippen LogP contribution in [0.1, 0.15) is 23.9 Å². The van der Waals surface area contributed by atoms with Crippen LogP contribution in [0.5, 0.6) is 0 Å². The van der Waals surface area contributed by atoms with Crippen molar-refractivity contribution in [2.24, 2.45) is 5.73 Å². The molecule has 6 nitrogen and oxygen atoms in total. The van der Waals surface area contributed by atoms with Crippen LogP contribution in [0.2, 0.25) is 0 Å². The van der Waals surface area contributed by atoms with Gasteiger partial charge in [-0.1, -0.05) is 23.7 Å². The smallest absolute Gasteiger partial charge is 0.435 e. The van der Waals surface area contributed by atoms with Crippen molar-refractivity contribution in [3.05, 3.63) is 70.5 Å². The van der Waals surface area contributed by atoms with Crippen molar-refractivity contribution in [2.45, 2.75) is 30.8 Å². The third-order valence-electron chi connectivity index (χ3n) is 4.83. The summed E-state index contributed by atoms with van der Waals surface area (Å²) < 4.78 is 84.1. The van der Waals surface area contributed by atoms with Gasteiger partial charge in [-0.2, -0.15) is 31.4 Å². The van der Waals surface area contributed by atoms with Crippen LogP contribution in [0, 0.1) is 0 Å². The molecule has 0 spiro atoms. The topological polar surface area (TPSA) is 87.2 Å². The first kappa shape index (κ1) is 24.4. The van der Waals surface area contributed by atoms with Gasteiger partial charge in [0.2, 0.25) is 5.91 Å². The van der Waals surface area contributed by atoms with Crippen molar-refractivity contribution >= 4 is 23.5 Å². The predicted octanol–water partition coefficient (Wildman–Crippen LogP) is 4.26. The molecule has 13 heteroatoms. The van der Waals surface area contributed by atoms with Crippen LogP contribution in [-0.4, -0.2) is 27.8 Å². The molecule has 2 unspecified atom stereocenters. The molecule has 2 atom stereocenters. The minimum Gasteiger partial charge on any atom is -0.456 e. The average Bonchev–Trinajstić information content (AvgIpc) is 3.15. The quantitative estimate of drug-likeness (QED) is 0.509. The fraction of sp³-hybridized carbons (Fsp3) is 0.250. The lowest BCUT2D eigenvalue weighted by molar-refractivity contribution is -0.148. The lowest BCUT2D eigenvalue weighted by Crippen LogP contribution is -2.51. The van der Waals surface area contributed by atoms with Gasteiger partial charge in [-0.05, 0) is 35.9 Å². The summed E-state index contributed by atoms with van der Waals surface area (Å²) in [7, 11) is 0. The largest absolute Gasteiger partial charge is 0.456 e. The zero-order valence-electron chi connectivity index (χ0n) is 16.5. The molecule has 176 valence electrons. The highest BCUT2D eigenvalue weighted by molar-refractivity contribution is 6.31. The average molecular weight is 494 g/mol. The summed E-state index contributed by atoms with van der Waals surface area (Å²) in [5, 5.41) is 3.12. The fourth-order valence-electron chi connectivity index (χ4n) is 3.39. The van der Waals surface area contributed by atoms with E-state index in [1.807, 2.05) is 0 Å². The minimum absolute atomic E-state index is 0.0718. The summed E-state index contributed by atoms with van der Waals surface area (Å²) in [6.07, 6.45) is -7.57. The number of carbonyl (C=O) groups is 2. The number of nitrogens with zero attached hydrogens (tertiary/aromatic N) is 2. The number of nitrogens with two attached hydrogens (primary N) is 1. The van der Waals surface area contributed by atoms with Crippen LogP contribution in [0.3, 0.4) is 0 Å². The zero-order chi connectivity index (χ0) is 24.8. The molecule has 0 fully saturated rings. The van der Waals surface area contributed by atoms with Gasteiger partial charge in [-0.3, -0.25) is 9.59 Å². The maximum absolute atomic E-state index is 13.3. The number of benzene rings is 1. The molecule has 0 bridgehead atoms. The van der Waals surface area contributed by atoms with Gasteiger partial charge in [-0.25, -0.2) is 4.68 Å². The molecule has 1 amide bonds. The van der Waals surface area contributed by atoms with Crippen molar-refractivity contribution < 1.29 is 40.7 Å². The molecule has 1 aliphatic rings. The second-order valence-electron chi connectivity index (χ2n) is 7.02. The van der Waals surface area contributed by atoms with E-state index in [0.717, 1.165) is 31.2 Å². The Bertz CT molecular complexity index is 1150. The maximum atomic E-state index is 13.3. The highest BCUT2D eigenvalue weighted by Gasteiger charge is 2.47. The number of allylic oxidation sites excluding steroid dienone is 2. The number of esters is 1. The zero-order valence-corrected chi connectivity index (χ0v) is 17.3. The van der Waals surface area contributed by atoms with E-state index in [0.29, 0.717) is 0 Å². The second kappa shape index (κ2) is 8.25. The van der Waals surface area contributed by atoms with Gasteiger partial charge in [0.05, 0.1) is 5.69 Å². The van der Waals surface area contributed by atoms with Crippen molar-refractivity contribution in [1.29, 1.82) is 0 Å². The number of alkyl halides is 6. The lowest BCUT2D eigenvalue weighted by Gasteiger charge is -2.36. The van der Waals surface area contributed by atoms with Crippen molar-refractivity contribution in [3.8, 4) is 5.69 Å². The van der Waals surface area contributed by atoms with Crippen LogP contribution in [0.15, 0.2) is 53.6 Å². The maximum Gasteiger partial charge on any atom is 0.435 e. The van der Waals surface area contributed by atoms with Crippen molar-refractivity contribution in [1.82, 2.24) is 9.78 Å². The van der Waals surface area contributed by atoms with E-state index in [4.69, 9.17) is 22.1 Å². The number of hydrogen-bond acceptors (Lipinski definition) is 4. The first-order valence-corrected chi connectivity index (χ1v) is 9.43. The molecule has 33 heavy (non-hydrogen) atoms. The summed E-state index contributed by atoms with van der Waals surface area (Å²) in [5.41, 5.74) is 0.103. The molecule has 2 aromatic rings. The number of carbonyl (C=O) groups excluding carboxylic acids is 2. The van der Waals surface area contributed by atoms with E-state index in [1.165, 1.54) is 18.2 Å². The van der Waals surface area contributed by atoms with Gasteiger partial charge in [0.1, 0.15) is 17.2 Å². The van der Waals surface area contributed by atoms with E-state index in [2.05, 4.69) is 5.10 Å². The van der Waals surface area contributed by atoms with Crippen molar-refractivity contribution in [2.75, 3.05) is 0 Å². The molecule has 0 saturated heterocycles. The number of ether oxygens (including phenoxy) is 1. The molecule has 2 N–H and O–H groups in total. The summed E-state index contributed by atoms with van der Waals surface area (Å²) >= 11 is 6.02. The van der Waals surface area contributed by atoms with E-state index >= 15 is 0 Å². The molecule has 0 aliphatic heterocycles. The number of amides is 1. The Hall–Kier alpha value is -3.28. The highest BCUT2D eigenvalue weighted by atomic mass is 35.5. The Balaban J connectivity index is 2.14. The van der Waals surface area contributed by atoms with Crippen LogP contribution in [-0.2, 0) is 32.1 Å². The number of rotatable bonds is 4. The van der Waals surface area contributed by atoms with Gasteiger partial charge < -0.3 is 10.5 Å². The van der Waals surface area contributed by atoms with E-state index < -0.39 is 47.1 Å². The number of aromatic nitrogens is 2. The SMILES string of the molecule is CC(=O)OC1C=CC(Cl)=CC1(C(N)=O)c1ccc(-n2nc(C(F)(F)F)cc2C(F)(F)F)cc1. The monoisotopic (exact) mass is 493 g/mol. The van der Waals surface area contributed by atoms with Gasteiger partial charge in [0.25, 0.3) is 0 Å². The third kappa shape index (κ3) is 4.61. The van der Waals surface area contributed by atoms with Gasteiger partial charge in [-0.15, -0.1) is 0 Å². The van der Waals surface area contributed by atoms with E-state index in [1.54, 1.807) is 0 Å². The van der Waals surface area contributed by atoms with Crippen LogP contribution < -0.4 is 5.73 Å². The third-order valence-corrected chi connectivity index (χ3v) is 5.06. The van der Waals surface area contributed by atoms with Gasteiger partial charge in [0, 0.05) is 18.0 Å². The predicted molar refractivity (Wildman–Crippen MR) is 103 cm³/mol. The minimum atomic E-state index is -5.13. The highest BCUT2D eigenvalue weighted by Crippen LogP contribution is 2.39. The molecule has 3 rings (SSSR count). The molecule has 0 saturated carbocycles. The molecule has 1 heterocycles. The summed E-state index contributed by atoms with van der Waals surface area (Å²) in [5.74, 6) is -1.73. The fourth-order valence-corrected chi connectivity index (χ4v) is 3.63. The molecule has 1 aliphatic carbocycles. The first-order valence-electron chi connectivity index (χ1n) is 9.05. The molecular formula is C20H14ClF6N3O3. The number of halogens is 7. The Kier molecular flexibility index (Phi) is 6.09. The van der Waals surface area contributed by atoms with Crippen LogP contribution >= 0.6 is 11.6 Å². The Morgan fingerprint density at radius 2 is 1.73 bits per heavy atom. The Morgan fingerprint density at radius 1 is 1.12 bits per heavy atom. The summed E-state index contributed by atoms with van der Waals surface area (Å²) in [6, 6.07) is 4.25. The normalized spacial score (nSPS) is 21.0. The van der Waals surface area contributed by atoms with E-state index in [9.17, 15) is 35.9 Å². The number of primary amides is 1. The summed E-state index contributed by atoms with van der Waals surface area (Å²) in [4.78, 5) is 24.0. The standard InChI is InChI=1S/C20H14ClF6N3O3/c1-10(31)33-16-7-4-12(21)9-18(16,17(28)32)11-2-5-13(6-3-11)30-15(20(25,26)27)8-14(29-30)19(22,23)24/h2-9,16H,1H3,(H2,28,32). The lowest BCUT2D eigenvalue weighted by atomic mass is 9.72. The molecular weight excluding hydrogens is 480 g/mol. The molecule has 1 aromatic heterocycles. The Labute approximate surface area is 187 Å². The Morgan fingerprint density at radius 3 is 2.21 bits per heavy atom. The molecule has 0 radical (unpaired) electrons. The van der Waals surface area contributed by atoms with E-state index in [-0.39, 0.29) is 27.0 Å². The first-order chi connectivity index (χ1) is 15.2. The van der Waals surface area contributed by atoms with Crippen LogP contribution in [0.25, 0.3) is 5.69 Å². The summed E-state index contributed by atoms with van der Waals surface area (Å²) in [6.45, 7) is 1.09. The van der Waals surface area contributed by atoms with Crippen molar-refractivity contribution in [3.63, 3.8) is 0 Å². The van der Waals surface area contributed by atoms with Gasteiger partial charge >= 0.3 is 18.3 Å².